The number of aliphatic carboxylic acids is 1. The first kappa shape index (κ1) is 72.4. The Hall–Kier alpha value is -0.547. The number of carbonyl (C=O) groups excluding carboxylic acids is 2. The fourth-order valence-electron chi connectivity index (χ4n) is 7.78. The Balaban J connectivity index is -0.000000255. The summed E-state index contributed by atoms with van der Waals surface area (Å²) in [5, 5.41) is 16.6. The van der Waals surface area contributed by atoms with E-state index in [4.69, 9.17) is 13.0 Å². The molecule has 0 aliphatic heterocycles. The molecule has 6 nitrogen and oxygen atoms in total. The van der Waals surface area contributed by atoms with Crippen molar-refractivity contribution in [3.8, 4) is 0 Å². The van der Waals surface area contributed by atoms with Gasteiger partial charge >= 0.3 is 33.5 Å². The van der Waals surface area contributed by atoms with Crippen LogP contribution < -0.4 is 0 Å². The molecule has 0 aliphatic carbocycles. The number of hydrogen-bond donors (Lipinski definition) is 2. The van der Waals surface area contributed by atoms with E-state index in [1.54, 1.807) is 13.8 Å². The van der Waals surface area contributed by atoms with Crippen LogP contribution in [0.3, 0.4) is 0 Å². The molecule has 7 heteroatoms. The third-order valence-electron chi connectivity index (χ3n) is 11.8. The van der Waals surface area contributed by atoms with E-state index in [0.29, 0.717) is 44.0 Å². The maximum absolute atomic E-state index is 10.3. The summed E-state index contributed by atoms with van der Waals surface area (Å²) in [6.45, 7) is 10.3. The van der Waals surface area contributed by atoms with Gasteiger partial charge in [0.15, 0.2) is 0 Å². The van der Waals surface area contributed by atoms with Gasteiger partial charge in [0.2, 0.25) is 0 Å². The van der Waals surface area contributed by atoms with Crippen LogP contribution in [0.4, 0.5) is 0 Å². The number of aliphatic hydroxyl groups is 1. The monoisotopic (exact) mass is 985 g/mol. The van der Waals surface area contributed by atoms with Crippen LogP contribution in [0.25, 0.3) is 0 Å². The van der Waals surface area contributed by atoms with Gasteiger partial charge in [0.05, 0.1) is 0 Å². The Labute approximate surface area is 417 Å². The normalized spacial score (nSPS) is 10.5. The van der Waals surface area contributed by atoms with Crippen LogP contribution in [-0.2, 0) is 41.9 Å². The van der Waals surface area contributed by atoms with Crippen molar-refractivity contribution < 1.29 is 52.1 Å². The molecule has 0 fully saturated rings. The molecule has 0 saturated carbocycles. The van der Waals surface area contributed by atoms with Gasteiger partial charge in [-0.3, -0.25) is 17.4 Å². The third-order valence-corrected chi connectivity index (χ3v) is 11.8. The fourth-order valence-corrected chi connectivity index (χ4v) is 7.78. The third kappa shape index (κ3) is 95.7. The summed E-state index contributed by atoms with van der Waals surface area (Å²) < 4.78 is 8.34. The molecule has 0 bridgehead atoms. The molecule has 0 aliphatic rings. The van der Waals surface area contributed by atoms with Crippen LogP contribution in [0, 0.1) is 0 Å². The predicted octanol–water partition coefficient (Wildman–Crippen LogP) is 19.3. The summed E-state index contributed by atoms with van der Waals surface area (Å²) in [7, 11) is 0. The van der Waals surface area contributed by atoms with E-state index in [0.717, 1.165) is 25.7 Å². The van der Waals surface area contributed by atoms with Crippen molar-refractivity contribution >= 4 is 18.5 Å². The van der Waals surface area contributed by atoms with Crippen molar-refractivity contribution in [2.24, 2.45) is 0 Å². The van der Waals surface area contributed by atoms with E-state index in [9.17, 15) is 14.4 Å². The average Bonchev–Trinajstić information content (AvgIpc) is 3.28. The van der Waals surface area contributed by atoms with Crippen molar-refractivity contribution in [3.05, 3.63) is 0 Å². The molecule has 0 aromatic carbocycles. The molecule has 0 rings (SSSR count). The molecule has 382 valence electrons. The van der Waals surface area contributed by atoms with Gasteiger partial charge in [0, 0.05) is 12.5 Å². The summed E-state index contributed by atoms with van der Waals surface area (Å²) in [5.41, 5.74) is 0. The van der Waals surface area contributed by atoms with Crippen molar-refractivity contribution in [1.82, 2.24) is 0 Å². The van der Waals surface area contributed by atoms with E-state index in [-0.39, 0.29) is 6.10 Å². The number of unbranched alkanes of at least 4 members (excludes halogenated alkanes) is 44. The van der Waals surface area contributed by atoms with Crippen molar-refractivity contribution in [2.45, 2.75) is 349 Å². The Morgan fingerprint density at radius 3 is 0.625 bits per heavy atom. The van der Waals surface area contributed by atoms with Gasteiger partial charge < -0.3 is 19.8 Å². The van der Waals surface area contributed by atoms with E-state index >= 15 is 0 Å². The zero-order chi connectivity index (χ0) is 48.5. The van der Waals surface area contributed by atoms with Crippen molar-refractivity contribution in [3.63, 3.8) is 0 Å². The fraction of sp³-hybridized carbons (Fsp3) is 0.947. The molecule has 0 saturated heterocycles. The van der Waals surface area contributed by atoms with Crippen LogP contribution in [0.1, 0.15) is 343 Å². The van der Waals surface area contributed by atoms with Gasteiger partial charge in [0.25, 0.3) is 0 Å². The molecular weight excluding hydrogens is 872 g/mol. The number of aliphatic hydroxyl groups excluding tert-OH is 1. The van der Waals surface area contributed by atoms with E-state index < -0.39 is 5.97 Å². The molecule has 0 spiro atoms. The molecule has 0 aromatic rings. The quantitative estimate of drug-likeness (QED) is 0.0464. The van der Waals surface area contributed by atoms with Crippen molar-refractivity contribution in [1.29, 1.82) is 0 Å². The molecule has 0 unspecified atom stereocenters. The second kappa shape index (κ2) is 76.7. The topological polar surface area (TPSA) is 109 Å². The Morgan fingerprint density at radius 1 is 0.344 bits per heavy atom. The van der Waals surface area contributed by atoms with Gasteiger partial charge in [-0.2, -0.15) is 12.8 Å². The Kier molecular flexibility index (Phi) is 86.8. The van der Waals surface area contributed by atoms with Crippen LogP contribution in [0.15, 0.2) is 0 Å². The molecule has 0 amide bonds. The first-order valence-electron chi connectivity index (χ1n) is 28.1. The van der Waals surface area contributed by atoms with E-state index in [1.165, 1.54) is 263 Å². The Bertz CT molecular complexity index is 753. The van der Waals surface area contributed by atoms with Gasteiger partial charge in [0.1, 0.15) is 0 Å². The second-order valence-corrected chi connectivity index (χ2v) is 18.9. The Morgan fingerprint density at radius 2 is 0.484 bits per heavy atom. The number of carboxylic acids is 1. The van der Waals surface area contributed by atoms with Crippen LogP contribution >= 0.6 is 0 Å². The van der Waals surface area contributed by atoms with Crippen molar-refractivity contribution in [2.75, 3.05) is 0 Å². The SMILES string of the molecule is CC(C)O.CCCCCCCCCCCCCCCCCC(=O)O.CCCCCCCCCCCCCCCCC[C-]=O.CCCCCCCCCCCCCCCCC[C-]=O.[O]=[Zr+2]. The molecule has 2 N–H and O–H groups in total. The number of carboxylic acid groups (broad SMARTS) is 1. The summed E-state index contributed by atoms with van der Waals surface area (Å²) in [5.74, 6) is -0.653. The number of carbonyl (C=O) groups is 1. The van der Waals surface area contributed by atoms with Crippen LogP contribution in [0.5, 0.6) is 0 Å². The van der Waals surface area contributed by atoms with E-state index in [1.807, 2.05) is 12.6 Å². The molecule has 0 atom stereocenters. The maximum atomic E-state index is 10.3. The summed E-state index contributed by atoms with van der Waals surface area (Å²) in [6, 6.07) is 0. The zero-order valence-corrected chi connectivity index (χ0v) is 46.5. The molecular formula is C57H114O6Zr. The zero-order valence-electron chi connectivity index (χ0n) is 44.0. The van der Waals surface area contributed by atoms with Gasteiger partial charge in [-0.15, -0.1) is 0 Å². The number of rotatable bonds is 48. The standard InChI is InChI=1S/C18H36O2.2C18H35O.C3H8O.O.Zr/c1-2-3-4-5-6-7-8-9-10-11-12-13-14-15-16-17-18(19)20;2*1-2-3-4-5-6-7-8-9-10-11-12-13-14-15-16-17-18-19;1-3(2)4;;/h2-17H2,1H3,(H,19,20);2*2-17H2,1H3;3-4H,1-2H3;;/q;2*-1;;;+2. The number of hydrogen-bond acceptors (Lipinski definition) is 5. The molecule has 0 aromatic heterocycles. The molecule has 0 heterocycles. The average molecular weight is 987 g/mol. The minimum absolute atomic E-state index is 0.167. The first-order chi connectivity index (χ1) is 31.3. The molecule has 64 heavy (non-hydrogen) atoms. The summed E-state index contributed by atoms with van der Waals surface area (Å²) in [6.07, 6.45) is 66.4. The van der Waals surface area contributed by atoms with Crippen LogP contribution in [-0.4, -0.2) is 34.9 Å². The predicted molar refractivity (Wildman–Crippen MR) is 276 cm³/mol. The van der Waals surface area contributed by atoms with Crippen LogP contribution in [0.2, 0.25) is 0 Å². The van der Waals surface area contributed by atoms with Gasteiger partial charge in [-0.25, -0.2) is 0 Å². The molecule has 0 radical (unpaired) electrons. The van der Waals surface area contributed by atoms with Gasteiger partial charge in [-0.1, -0.05) is 303 Å². The minimum atomic E-state index is -0.653. The summed E-state index contributed by atoms with van der Waals surface area (Å²) in [4.78, 5) is 30.4. The second-order valence-electron chi connectivity index (χ2n) is 18.9. The summed E-state index contributed by atoms with van der Waals surface area (Å²) >= 11 is 0.300. The first-order valence-corrected chi connectivity index (χ1v) is 29.1. The van der Waals surface area contributed by atoms with E-state index in [2.05, 4.69) is 20.8 Å². The van der Waals surface area contributed by atoms with Gasteiger partial charge in [-0.05, 0) is 20.3 Å².